The molecule has 0 amide bonds. The van der Waals surface area contributed by atoms with Crippen LogP contribution in [-0.2, 0) is 9.84 Å². The minimum atomic E-state index is -3.27. The minimum Gasteiger partial charge on any atom is -0.232 e. The maximum atomic E-state index is 11.8. The number of hydrogen-bond acceptors (Lipinski definition) is 3. The van der Waals surface area contributed by atoms with Gasteiger partial charge in [-0.2, -0.15) is 5.10 Å². The third-order valence-electron chi connectivity index (χ3n) is 4.55. The molecule has 4 aromatic rings. The molecule has 0 bridgehead atoms. The van der Waals surface area contributed by atoms with Gasteiger partial charge in [0, 0.05) is 27.4 Å². The van der Waals surface area contributed by atoms with Gasteiger partial charge < -0.3 is 0 Å². The van der Waals surface area contributed by atoms with Gasteiger partial charge in [0.2, 0.25) is 0 Å². The Morgan fingerprint density at radius 3 is 1.83 bits per heavy atom. The van der Waals surface area contributed by atoms with E-state index in [4.69, 9.17) is 23.2 Å². The summed E-state index contributed by atoms with van der Waals surface area (Å²) in [5.41, 5.74) is 4.39. The van der Waals surface area contributed by atoms with Crippen LogP contribution in [0.15, 0.2) is 83.9 Å². The zero-order valence-corrected chi connectivity index (χ0v) is 17.7. The van der Waals surface area contributed by atoms with E-state index in [2.05, 4.69) is 5.10 Å². The number of aromatic nitrogens is 2. The summed E-state index contributed by atoms with van der Waals surface area (Å²) >= 11 is 12.1. The van der Waals surface area contributed by atoms with E-state index in [1.54, 1.807) is 42.6 Å². The van der Waals surface area contributed by atoms with E-state index in [0.717, 1.165) is 28.1 Å². The Kier molecular flexibility index (Phi) is 5.21. The molecule has 0 N–H and O–H groups in total. The van der Waals surface area contributed by atoms with E-state index in [0.29, 0.717) is 10.0 Å². The van der Waals surface area contributed by atoms with Crippen LogP contribution in [0.25, 0.3) is 28.1 Å². The van der Waals surface area contributed by atoms with Gasteiger partial charge in [-0.05, 0) is 54.1 Å². The van der Waals surface area contributed by atoms with Crippen molar-refractivity contribution < 1.29 is 8.42 Å². The Hall–Kier alpha value is -2.60. The Labute approximate surface area is 179 Å². The molecule has 0 fully saturated rings. The number of hydrogen-bond donors (Lipinski definition) is 0. The third kappa shape index (κ3) is 4.08. The number of sulfone groups is 1. The number of rotatable bonds is 4. The zero-order valence-electron chi connectivity index (χ0n) is 15.4. The second kappa shape index (κ2) is 7.67. The van der Waals surface area contributed by atoms with E-state index in [1.807, 2.05) is 41.1 Å². The molecular weight excluding hydrogens is 427 g/mol. The molecule has 0 saturated carbocycles. The third-order valence-corrected chi connectivity index (χ3v) is 6.18. The summed E-state index contributed by atoms with van der Waals surface area (Å²) in [7, 11) is -3.27. The Morgan fingerprint density at radius 2 is 1.28 bits per heavy atom. The molecule has 146 valence electrons. The van der Waals surface area contributed by atoms with Crippen LogP contribution in [0.4, 0.5) is 0 Å². The van der Waals surface area contributed by atoms with E-state index in [-0.39, 0.29) is 4.90 Å². The molecule has 0 atom stereocenters. The van der Waals surface area contributed by atoms with Crippen molar-refractivity contribution >= 4 is 33.0 Å². The van der Waals surface area contributed by atoms with Gasteiger partial charge in [-0.15, -0.1) is 0 Å². The highest BCUT2D eigenvalue weighted by Crippen LogP contribution is 2.35. The highest BCUT2D eigenvalue weighted by Gasteiger charge is 2.17. The monoisotopic (exact) mass is 442 g/mol. The average molecular weight is 443 g/mol. The standard InChI is InChI=1S/C22H16Cl2N2O2S/c1-29(27,28)20-12-4-16(5-13-20)22-21(15-2-6-17(23)7-3-15)14-25-26(22)19-10-8-18(24)9-11-19/h2-14H,1H3. The van der Waals surface area contributed by atoms with E-state index < -0.39 is 9.84 Å². The second-order valence-corrected chi connectivity index (χ2v) is 9.49. The molecule has 0 saturated heterocycles. The first-order valence-corrected chi connectivity index (χ1v) is 11.4. The molecule has 0 spiro atoms. The molecule has 0 aliphatic carbocycles. The van der Waals surface area contributed by atoms with Crippen molar-refractivity contribution in [1.29, 1.82) is 0 Å². The lowest BCUT2D eigenvalue weighted by molar-refractivity contribution is 0.602. The van der Waals surface area contributed by atoms with Crippen LogP contribution in [0, 0.1) is 0 Å². The van der Waals surface area contributed by atoms with Gasteiger partial charge in [0.15, 0.2) is 9.84 Å². The molecule has 29 heavy (non-hydrogen) atoms. The topological polar surface area (TPSA) is 52.0 Å². The summed E-state index contributed by atoms with van der Waals surface area (Å²) in [5, 5.41) is 5.87. The summed E-state index contributed by atoms with van der Waals surface area (Å²) in [4.78, 5) is 0.270. The zero-order chi connectivity index (χ0) is 20.6. The van der Waals surface area contributed by atoms with Crippen molar-refractivity contribution in [2.24, 2.45) is 0 Å². The average Bonchev–Trinajstić information content (AvgIpc) is 3.13. The largest absolute Gasteiger partial charge is 0.232 e. The van der Waals surface area contributed by atoms with Crippen LogP contribution in [0.2, 0.25) is 10.0 Å². The number of halogens is 2. The maximum Gasteiger partial charge on any atom is 0.175 e. The summed E-state index contributed by atoms with van der Waals surface area (Å²) in [6.07, 6.45) is 2.98. The van der Waals surface area contributed by atoms with Crippen LogP contribution in [0.3, 0.4) is 0 Å². The normalized spacial score (nSPS) is 11.6. The van der Waals surface area contributed by atoms with Gasteiger partial charge >= 0.3 is 0 Å². The summed E-state index contributed by atoms with van der Waals surface area (Å²) < 4.78 is 25.5. The highest BCUT2D eigenvalue weighted by molar-refractivity contribution is 7.90. The molecule has 0 aliphatic rings. The van der Waals surface area contributed by atoms with Gasteiger partial charge in [-0.3, -0.25) is 0 Å². The second-order valence-electron chi connectivity index (χ2n) is 6.60. The predicted molar refractivity (Wildman–Crippen MR) is 118 cm³/mol. The van der Waals surface area contributed by atoms with Crippen molar-refractivity contribution in [2.75, 3.05) is 6.26 Å². The van der Waals surface area contributed by atoms with Crippen LogP contribution in [-0.4, -0.2) is 24.5 Å². The molecule has 7 heteroatoms. The van der Waals surface area contributed by atoms with Crippen molar-refractivity contribution in [2.45, 2.75) is 4.90 Å². The summed E-state index contributed by atoms with van der Waals surface area (Å²) in [6, 6.07) is 21.7. The van der Waals surface area contributed by atoms with E-state index in [1.165, 1.54) is 6.26 Å². The lowest BCUT2D eigenvalue weighted by Crippen LogP contribution is -2.00. The highest BCUT2D eigenvalue weighted by atomic mass is 35.5. The quantitative estimate of drug-likeness (QED) is 0.394. The van der Waals surface area contributed by atoms with Gasteiger partial charge in [-0.1, -0.05) is 47.5 Å². The molecule has 1 aromatic heterocycles. The first kappa shape index (κ1) is 19.7. The molecule has 0 unspecified atom stereocenters. The Morgan fingerprint density at radius 1 is 0.759 bits per heavy atom. The molecule has 1 heterocycles. The lowest BCUT2D eigenvalue weighted by atomic mass is 10.0. The van der Waals surface area contributed by atoms with Crippen LogP contribution in [0.1, 0.15) is 0 Å². The van der Waals surface area contributed by atoms with Crippen LogP contribution >= 0.6 is 23.2 Å². The summed E-state index contributed by atoms with van der Waals surface area (Å²) in [5.74, 6) is 0. The summed E-state index contributed by atoms with van der Waals surface area (Å²) in [6.45, 7) is 0. The fourth-order valence-electron chi connectivity index (χ4n) is 3.10. The van der Waals surface area contributed by atoms with Crippen LogP contribution in [0.5, 0.6) is 0 Å². The van der Waals surface area contributed by atoms with Gasteiger partial charge in [-0.25, -0.2) is 13.1 Å². The Bertz CT molecular complexity index is 1200. The van der Waals surface area contributed by atoms with Gasteiger partial charge in [0.1, 0.15) is 0 Å². The van der Waals surface area contributed by atoms with E-state index in [9.17, 15) is 8.42 Å². The fourth-order valence-corrected chi connectivity index (χ4v) is 3.99. The molecule has 4 rings (SSSR count). The first-order chi connectivity index (χ1) is 13.8. The van der Waals surface area contributed by atoms with E-state index >= 15 is 0 Å². The molecule has 4 nitrogen and oxygen atoms in total. The van der Waals surface area contributed by atoms with Crippen molar-refractivity contribution in [1.82, 2.24) is 9.78 Å². The predicted octanol–water partition coefficient (Wildman–Crippen LogP) is 5.92. The number of benzene rings is 3. The fraction of sp³-hybridized carbons (Fsp3) is 0.0455. The van der Waals surface area contributed by atoms with Gasteiger partial charge in [0.05, 0.1) is 22.5 Å². The van der Waals surface area contributed by atoms with Crippen molar-refractivity contribution in [3.63, 3.8) is 0 Å². The molecule has 3 aromatic carbocycles. The maximum absolute atomic E-state index is 11.8. The first-order valence-electron chi connectivity index (χ1n) is 8.73. The van der Waals surface area contributed by atoms with Crippen molar-refractivity contribution in [3.8, 4) is 28.1 Å². The van der Waals surface area contributed by atoms with Gasteiger partial charge in [0.25, 0.3) is 0 Å². The molecule has 0 aliphatic heterocycles. The Balaban J connectivity index is 1.92. The number of nitrogens with zero attached hydrogens (tertiary/aromatic N) is 2. The van der Waals surface area contributed by atoms with Crippen molar-refractivity contribution in [3.05, 3.63) is 89.0 Å². The molecule has 0 radical (unpaired) electrons. The van der Waals surface area contributed by atoms with Crippen LogP contribution < -0.4 is 0 Å². The SMILES string of the molecule is CS(=O)(=O)c1ccc(-c2c(-c3ccc(Cl)cc3)cnn2-c2ccc(Cl)cc2)cc1. The lowest BCUT2D eigenvalue weighted by Gasteiger charge is -2.11. The minimum absolute atomic E-state index is 0.270. The smallest absolute Gasteiger partial charge is 0.175 e. The molecular formula is C22H16Cl2N2O2S.